The lowest BCUT2D eigenvalue weighted by atomic mass is 9.76. The number of rotatable bonds is 6. The summed E-state index contributed by atoms with van der Waals surface area (Å²) in [5.74, 6) is 0.785. The third-order valence-electron chi connectivity index (χ3n) is 6.67. The van der Waals surface area contributed by atoms with Gasteiger partial charge in [0.25, 0.3) is 0 Å². The summed E-state index contributed by atoms with van der Waals surface area (Å²) in [5.41, 5.74) is 9.64. The molecule has 1 aliphatic carbocycles. The first-order valence-corrected chi connectivity index (χ1v) is 14.9. The van der Waals surface area contributed by atoms with Gasteiger partial charge in [-0.3, -0.25) is 14.5 Å². The number of carbonyl (C=O) groups is 2. The SMILES string of the molecule is N#CC1=C(N)N(c2nnc(SCC(=O)Nc3ccc4c(c3)OCO4)s2)C2=C(C(=O)CCC2)C1c1cccc(Br)c1. The van der Waals surface area contributed by atoms with E-state index in [1.165, 1.54) is 23.1 Å². The zero-order valence-electron chi connectivity index (χ0n) is 20.8. The minimum absolute atomic E-state index is 0.00391. The van der Waals surface area contributed by atoms with E-state index in [4.69, 9.17) is 15.2 Å². The Balaban J connectivity index is 1.24. The van der Waals surface area contributed by atoms with Crippen LogP contribution in [0, 0.1) is 11.3 Å². The zero-order chi connectivity index (χ0) is 27.8. The summed E-state index contributed by atoms with van der Waals surface area (Å²) in [4.78, 5) is 27.5. The van der Waals surface area contributed by atoms with E-state index < -0.39 is 5.92 Å². The summed E-state index contributed by atoms with van der Waals surface area (Å²) in [6.45, 7) is 0.159. The Morgan fingerprint density at radius 2 is 2.08 bits per heavy atom. The van der Waals surface area contributed by atoms with Crippen molar-refractivity contribution >= 4 is 61.5 Å². The van der Waals surface area contributed by atoms with Crippen molar-refractivity contribution < 1.29 is 19.1 Å². The van der Waals surface area contributed by atoms with Crippen LogP contribution in [0.15, 0.2) is 73.9 Å². The van der Waals surface area contributed by atoms with Gasteiger partial charge in [0.1, 0.15) is 5.82 Å². The molecule has 2 aromatic carbocycles. The van der Waals surface area contributed by atoms with Gasteiger partial charge in [-0.25, -0.2) is 0 Å². The number of Topliss-reactive ketones (excluding diaryl/α,β-unsaturated/α-hetero) is 1. The highest BCUT2D eigenvalue weighted by Gasteiger charge is 2.41. The fraction of sp³-hybridized carbons (Fsp3) is 0.222. The maximum atomic E-state index is 13.3. The van der Waals surface area contributed by atoms with Crippen LogP contribution in [0.25, 0.3) is 0 Å². The molecule has 10 nitrogen and oxygen atoms in total. The molecule has 0 saturated heterocycles. The van der Waals surface area contributed by atoms with Crippen molar-refractivity contribution in [3.63, 3.8) is 0 Å². The van der Waals surface area contributed by atoms with Crippen LogP contribution in [0.2, 0.25) is 0 Å². The molecule has 3 aromatic rings. The summed E-state index contributed by atoms with van der Waals surface area (Å²) >= 11 is 5.98. The predicted molar refractivity (Wildman–Crippen MR) is 154 cm³/mol. The smallest absolute Gasteiger partial charge is 0.234 e. The first-order chi connectivity index (χ1) is 19.4. The van der Waals surface area contributed by atoms with Crippen LogP contribution in [-0.2, 0) is 9.59 Å². The second kappa shape index (κ2) is 11.0. The summed E-state index contributed by atoms with van der Waals surface area (Å²) in [6, 6.07) is 15.0. The number of nitrogens with two attached hydrogens (primary N) is 1. The van der Waals surface area contributed by atoms with Crippen LogP contribution in [0.1, 0.15) is 30.7 Å². The third kappa shape index (κ3) is 4.94. The molecule has 0 radical (unpaired) electrons. The number of halogens is 1. The van der Waals surface area contributed by atoms with Crippen molar-refractivity contribution in [2.45, 2.75) is 29.5 Å². The third-order valence-corrected chi connectivity index (χ3v) is 9.20. The molecule has 1 aromatic heterocycles. The molecular weight excluding hydrogens is 616 g/mol. The quantitative estimate of drug-likeness (QED) is 0.352. The van der Waals surface area contributed by atoms with E-state index in [1.807, 2.05) is 24.3 Å². The number of nitriles is 1. The van der Waals surface area contributed by atoms with Crippen LogP contribution < -0.4 is 25.4 Å². The number of nitrogens with zero attached hydrogens (tertiary/aromatic N) is 4. The molecular formula is C27H21BrN6O4S2. The van der Waals surface area contributed by atoms with Gasteiger partial charge < -0.3 is 20.5 Å². The Labute approximate surface area is 246 Å². The summed E-state index contributed by atoms with van der Waals surface area (Å²) in [5, 5.41) is 22.0. The number of aromatic nitrogens is 2. The number of ether oxygens (including phenoxy) is 2. The predicted octanol–water partition coefficient (Wildman–Crippen LogP) is 5.06. The van der Waals surface area contributed by atoms with Gasteiger partial charge in [0.2, 0.25) is 17.8 Å². The number of nitrogens with one attached hydrogen (secondary N) is 1. The number of fused-ring (bicyclic) bond motifs is 1. The van der Waals surface area contributed by atoms with Crippen LogP contribution >= 0.6 is 39.0 Å². The van der Waals surface area contributed by atoms with Crippen molar-refractivity contribution in [3.8, 4) is 17.6 Å². The van der Waals surface area contributed by atoms with Crippen molar-refractivity contribution in [1.29, 1.82) is 5.26 Å². The number of allylic oxidation sites excluding steroid dienone is 3. The molecule has 13 heteroatoms. The molecule has 1 amide bonds. The van der Waals surface area contributed by atoms with E-state index in [9.17, 15) is 14.9 Å². The number of hydrogen-bond donors (Lipinski definition) is 2. The molecule has 0 bridgehead atoms. The van der Waals surface area contributed by atoms with Crippen molar-refractivity contribution in [1.82, 2.24) is 10.2 Å². The van der Waals surface area contributed by atoms with Crippen LogP contribution in [0.4, 0.5) is 10.8 Å². The zero-order valence-corrected chi connectivity index (χ0v) is 24.1. The Morgan fingerprint density at radius 3 is 2.90 bits per heavy atom. The van der Waals surface area contributed by atoms with Gasteiger partial charge in [-0.05, 0) is 42.7 Å². The lowest BCUT2D eigenvalue weighted by Gasteiger charge is -2.38. The van der Waals surface area contributed by atoms with Gasteiger partial charge in [0, 0.05) is 33.9 Å². The molecule has 1 atom stereocenters. The Hall–Kier alpha value is -3.86. The lowest BCUT2D eigenvalue weighted by Crippen LogP contribution is -2.38. The van der Waals surface area contributed by atoms with E-state index in [2.05, 4.69) is 37.5 Å². The van der Waals surface area contributed by atoms with Gasteiger partial charge in [-0.15, -0.1) is 10.2 Å². The highest BCUT2D eigenvalue weighted by molar-refractivity contribution is 9.10. The molecule has 0 fully saturated rings. The molecule has 6 rings (SSSR count). The maximum Gasteiger partial charge on any atom is 0.234 e. The van der Waals surface area contributed by atoms with E-state index in [1.54, 1.807) is 23.1 Å². The highest BCUT2D eigenvalue weighted by atomic mass is 79.9. The number of hydrogen-bond acceptors (Lipinski definition) is 11. The molecule has 0 spiro atoms. The monoisotopic (exact) mass is 636 g/mol. The standard InChI is InChI=1S/C27H21BrN6O4S2/c28-15-4-1-3-14(9-15)23-17(11-29)25(30)34(18-5-2-6-19(35)24(18)23)26-32-33-27(40-26)39-12-22(36)31-16-7-8-20-21(10-16)38-13-37-20/h1,3-4,7-10,23H,2,5-6,12-13,30H2,(H,31,36). The fourth-order valence-corrected chi connectivity index (χ4v) is 7.07. The number of amides is 1. The van der Waals surface area contributed by atoms with Crippen molar-refractivity contribution in [2.75, 3.05) is 22.8 Å². The lowest BCUT2D eigenvalue weighted by molar-refractivity contribution is -0.116. The van der Waals surface area contributed by atoms with Gasteiger partial charge in [-0.1, -0.05) is 51.2 Å². The Kier molecular flexibility index (Phi) is 7.22. The minimum atomic E-state index is -0.553. The van der Waals surface area contributed by atoms with Crippen LogP contribution in [0.5, 0.6) is 11.5 Å². The van der Waals surface area contributed by atoms with Gasteiger partial charge in [0.05, 0.1) is 23.3 Å². The largest absolute Gasteiger partial charge is 0.454 e. The minimum Gasteiger partial charge on any atom is -0.454 e. The molecule has 0 saturated carbocycles. The van der Waals surface area contributed by atoms with Crippen LogP contribution in [-0.4, -0.2) is 34.4 Å². The number of anilines is 2. The number of benzene rings is 2. The van der Waals surface area contributed by atoms with Gasteiger partial charge in [0.15, 0.2) is 21.6 Å². The highest BCUT2D eigenvalue weighted by Crippen LogP contribution is 2.47. The first kappa shape index (κ1) is 26.4. The van der Waals surface area contributed by atoms with Crippen LogP contribution in [0.3, 0.4) is 0 Å². The molecule has 1 unspecified atom stereocenters. The van der Waals surface area contributed by atoms with E-state index in [0.717, 1.165) is 15.7 Å². The van der Waals surface area contributed by atoms with E-state index in [0.29, 0.717) is 57.1 Å². The average molecular weight is 638 g/mol. The normalized spacial score (nSPS) is 18.1. The fourth-order valence-electron chi connectivity index (χ4n) is 4.97. The summed E-state index contributed by atoms with van der Waals surface area (Å²) in [7, 11) is 0. The molecule has 3 heterocycles. The Bertz CT molecular complexity index is 1650. The second-order valence-electron chi connectivity index (χ2n) is 9.13. The topological polar surface area (TPSA) is 143 Å². The first-order valence-electron chi connectivity index (χ1n) is 12.3. The summed E-state index contributed by atoms with van der Waals surface area (Å²) in [6.07, 6.45) is 1.70. The molecule has 40 heavy (non-hydrogen) atoms. The molecule has 2 aliphatic heterocycles. The van der Waals surface area contributed by atoms with Crippen molar-refractivity contribution in [2.24, 2.45) is 5.73 Å². The van der Waals surface area contributed by atoms with Crippen molar-refractivity contribution in [3.05, 3.63) is 75.2 Å². The average Bonchev–Trinajstić information content (AvgIpc) is 3.61. The van der Waals surface area contributed by atoms with Gasteiger partial charge >= 0.3 is 0 Å². The molecule has 202 valence electrons. The number of carbonyl (C=O) groups excluding carboxylic acids is 2. The molecule has 3 aliphatic rings. The van der Waals surface area contributed by atoms with Gasteiger partial charge in [-0.2, -0.15) is 5.26 Å². The Morgan fingerprint density at radius 1 is 1.23 bits per heavy atom. The second-order valence-corrected chi connectivity index (χ2v) is 12.2. The molecule has 3 N–H and O–H groups in total. The number of ketones is 1. The van der Waals surface area contributed by atoms with E-state index in [-0.39, 0.29) is 30.1 Å². The number of thioether (sulfide) groups is 1. The summed E-state index contributed by atoms with van der Waals surface area (Å²) < 4.78 is 12.1. The van der Waals surface area contributed by atoms with E-state index >= 15 is 0 Å². The maximum absolute atomic E-state index is 13.3.